The maximum Gasteiger partial charge on any atom is 0.328 e. The molecule has 0 spiro atoms. The Balaban J connectivity index is 1.76. The summed E-state index contributed by atoms with van der Waals surface area (Å²) in [6, 6.07) is 5.52. The van der Waals surface area contributed by atoms with E-state index in [1.165, 1.54) is 6.92 Å². The standard InChI is InChI=1S/C17H22N2O6S/c1-11-4-3-5-13(8-11)16(21)18-12(2)17(22)25-9-15(20)19-14-6-7-26(23,24)10-14/h3-5,8,12,14H,6-7,9-10H2,1-2H3,(H,18,21)(H,19,20)/t12-,14+/m0/s1. The Bertz CT molecular complexity index is 805. The SMILES string of the molecule is Cc1cccc(C(=O)N[C@@H](C)C(=O)OCC(=O)N[C@@H]2CCS(=O)(=O)C2)c1. The van der Waals surface area contributed by atoms with Crippen molar-refractivity contribution in [1.29, 1.82) is 0 Å². The fraction of sp³-hybridized carbons (Fsp3) is 0.471. The number of amides is 2. The van der Waals surface area contributed by atoms with E-state index in [1.807, 2.05) is 13.0 Å². The largest absolute Gasteiger partial charge is 0.454 e. The molecule has 0 unspecified atom stereocenters. The molecule has 0 saturated carbocycles. The third-order valence-corrected chi connectivity index (χ3v) is 5.69. The van der Waals surface area contributed by atoms with Crippen LogP contribution in [-0.2, 0) is 24.2 Å². The molecular weight excluding hydrogens is 360 g/mol. The zero-order valence-corrected chi connectivity index (χ0v) is 15.5. The van der Waals surface area contributed by atoms with Gasteiger partial charge in [0.25, 0.3) is 11.8 Å². The van der Waals surface area contributed by atoms with E-state index in [-0.39, 0.29) is 11.5 Å². The number of ether oxygens (including phenoxy) is 1. The van der Waals surface area contributed by atoms with E-state index in [2.05, 4.69) is 10.6 Å². The van der Waals surface area contributed by atoms with E-state index in [0.717, 1.165) is 5.56 Å². The second-order valence-corrected chi connectivity index (χ2v) is 8.57. The number of benzene rings is 1. The summed E-state index contributed by atoms with van der Waals surface area (Å²) in [7, 11) is -3.10. The lowest BCUT2D eigenvalue weighted by atomic mass is 10.1. The van der Waals surface area contributed by atoms with Crippen molar-refractivity contribution >= 4 is 27.6 Å². The molecule has 2 rings (SSSR count). The number of nitrogens with one attached hydrogen (secondary N) is 2. The molecule has 0 radical (unpaired) electrons. The first-order valence-corrected chi connectivity index (χ1v) is 10.0. The van der Waals surface area contributed by atoms with Gasteiger partial charge < -0.3 is 15.4 Å². The van der Waals surface area contributed by atoms with Crippen LogP contribution in [0.2, 0.25) is 0 Å². The zero-order valence-electron chi connectivity index (χ0n) is 14.7. The predicted molar refractivity (Wildman–Crippen MR) is 94.3 cm³/mol. The van der Waals surface area contributed by atoms with Crippen molar-refractivity contribution in [3.05, 3.63) is 35.4 Å². The molecule has 1 aliphatic rings. The van der Waals surface area contributed by atoms with Crippen LogP contribution in [0.1, 0.15) is 29.3 Å². The Kier molecular flexibility index (Phi) is 6.36. The number of hydrogen-bond acceptors (Lipinski definition) is 6. The van der Waals surface area contributed by atoms with Crippen molar-refractivity contribution in [2.45, 2.75) is 32.4 Å². The summed E-state index contributed by atoms with van der Waals surface area (Å²) in [6.07, 6.45) is 0.352. The normalized spacial score (nSPS) is 19.4. The van der Waals surface area contributed by atoms with Gasteiger partial charge in [-0.25, -0.2) is 13.2 Å². The Hall–Kier alpha value is -2.42. The minimum atomic E-state index is -3.10. The van der Waals surface area contributed by atoms with E-state index >= 15 is 0 Å². The van der Waals surface area contributed by atoms with Crippen molar-refractivity contribution in [1.82, 2.24) is 10.6 Å². The lowest BCUT2D eigenvalue weighted by Gasteiger charge is -2.15. The van der Waals surface area contributed by atoms with Crippen LogP contribution in [0.5, 0.6) is 0 Å². The number of hydrogen-bond donors (Lipinski definition) is 2. The second-order valence-electron chi connectivity index (χ2n) is 6.34. The van der Waals surface area contributed by atoms with Gasteiger partial charge >= 0.3 is 5.97 Å². The quantitative estimate of drug-likeness (QED) is 0.667. The first-order chi connectivity index (χ1) is 12.2. The summed E-state index contributed by atoms with van der Waals surface area (Å²) in [4.78, 5) is 35.7. The van der Waals surface area contributed by atoms with Gasteiger partial charge in [-0.2, -0.15) is 0 Å². The highest BCUT2D eigenvalue weighted by Gasteiger charge is 2.29. The van der Waals surface area contributed by atoms with Crippen LogP contribution in [0.15, 0.2) is 24.3 Å². The first-order valence-electron chi connectivity index (χ1n) is 8.20. The molecule has 142 valence electrons. The van der Waals surface area contributed by atoms with Gasteiger partial charge in [-0.15, -0.1) is 0 Å². The molecule has 9 heteroatoms. The molecule has 1 saturated heterocycles. The average Bonchev–Trinajstić information content (AvgIpc) is 2.91. The number of carbonyl (C=O) groups is 3. The maximum absolute atomic E-state index is 12.1. The van der Waals surface area contributed by atoms with Gasteiger partial charge in [-0.3, -0.25) is 9.59 Å². The Labute approximate surface area is 152 Å². The van der Waals surface area contributed by atoms with Gasteiger partial charge in [0.05, 0.1) is 11.5 Å². The van der Waals surface area contributed by atoms with E-state index in [1.54, 1.807) is 18.2 Å². The highest BCUT2D eigenvalue weighted by Crippen LogP contribution is 2.11. The van der Waals surface area contributed by atoms with Crippen molar-refractivity contribution in [2.75, 3.05) is 18.1 Å². The van der Waals surface area contributed by atoms with Crippen LogP contribution < -0.4 is 10.6 Å². The third-order valence-electron chi connectivity index (χ3n) is 3.92. The van der Waals surface area contributed by atoms with Gasteiger partial charge in [0.15, 0.2) is 16.4 Å². The van der Waals surface area contributed by atoms with E-state index in [0.29, 0.717) is 12.0 Å². The van der Waals surface area contributed by atoms with Crippen LogP contribution in [0, 0.1) is 6.92 Å². The smallest absolute Gasteiger partial charge is 0.328 e. The molecular formula is C17H22N2O6S. The molecule has 1 fully saturated rings. The molecule has 8 nitrogen and oxygen atoms in total. The lowest BCUT2D eigenvalue weighted by Crippen LogP contribution is -2.42. The summed E-state index contributed by atoms with van der Waals surface area (Å²) in [5, 5.41) is 5.03. The fourth-order valence-corrected chi connectivity index (χ4v) is 4.24. The topological polar surface area (TPSA) is 119 Å². The summed E-state index contributed by atoms with van der Waals surface area (Å²) < 4.78 is 27.6. The first kappa shape index (κ1) is 19.9. The van der Waals surface area contributed by atoms with E-state index < -0.39 is 46.3 Å². The highest BCUT2D eigenvalue weighted by atomic mass is 32.2. The van der Waals surface area contributed by atoms with Crippen molar-refractivity contribution < 1.29 is 27.5 Å². The number of aryl methyl sites for hydroxylation is 1. The van der Waals surface area contributed by atoms with Gasteiger partial charge in [0.1, 0.15) is 6.04 Å². The Morgan fingerprint density at radius 2 is 2.04 bits per heavy atom. The molecule has 0 bridgehead atoms. The average molecular weight is 382 g/mol. The zero-order chi connectivity index (χ0) is 19.3. The Morgan fingerprint density at radius 3 is 2.65 bits per heavy atom. The van der Waals surface area contributed by atoms with E-state index in [4.69, 9.17) is 4.74 Å². The van der Waals surface area contributed by atoms with Crippen molar-refractivity contribution in [3.63, 3.8) is 0 Å². The van der Waals surface area contributed by atoms with Gasteiger partial charge in [-0.1, -0.05) is 17.7 Å². The molecule has 2 amide bonds. The van der Waals surface area contributed by atoms with Gasteiger partial charge in [0.2, 0.25) is 0 Å². The summed E-state index contributed by atoms with van der Waals surface area (Å²) in [6.45, 7) is 2.78. The number of rotatable bonds is 6. The second kappa shape index (κ2) is 8.31. The number of sulfone groups is 1. The van der Waals surface area contributed by atoms with E-state index in [9.17, 15) is 22.8 Å². The maximum atomic E-state index is 12.1. The molecule has 1 aliphatic heterocycles. The Morgan fingerprint density at radius 1 is 1.31 bits per heavy atom. The molecule has 2 atom stereocenters. The lowest BCUT2D eigenvalue weighted by molar-refractivity contribution is -0.150. The number of esters is 1. The molecule has 0 aliphatic carbocycles. The summed E-state index contributed by atoms with van der Waals surface area (Å²) in [5.74, 6) is -1.80. The fourth-order valence-electron chi connectivity index (χ4n) is 2.57. The monoisotopic (exact) mass is 382 g/mol. The summed E-state index contributed by atoms with van der Waals surface area (Å²) >= 11 is 0. The molecule has 2 N–H and O–H groups in total. The van der Waals surface area contributed by atoms with Crippen LogP contribution in [0.25, 0.3) is 0 Å². The minimum Gasteiger partial charge on any atom is -0.454 e. The summed E-state index contributed by atoms with van der Waals surface area (Å²) in [5.41, 5.74) is 1.34. The van der Waals surface area contributed by atoms with Crippen molar-refractivity contribution in [3.8, 4) is 0 Å². The minimum absolute atomic E-state index is 0.0414. The molecule has 1 aromatic carbocycles. The van der Waals surface area contributed by atoms with Crippen molar-refractivity contribution in [2.24, 2.45) is 0 Å². The van der Waals surface area contributed by atoms with Gasteiger partial charge in [0, 0.05) is 11.6 Å². The van der Waals surface area contributed by atoms with Crippen LogP contribution in [0.3, 0.4) is 0 Å². The third kappa shape index (κ3) is 5.83. The number of carbonyl (C=O) groups excluding carboxylic acids is 3. The molecule has 26 heavy (non-hydrogen) atoms. The predicted octanol–water partition coefficient (Wildman–Crippen LogP) is -0.0402. The molecule has 1 heterocycles. The highest BCUT2D eigenvalue weighted by molar-refractivity contribution is 7.91. The van der Waals surface area contributed by atoms with Crippen LogP contribution in [0.4, 0.5) is 0 Å². The van der Waals surface area contributed by atoms with Crippen LogP contribution in [-0.4, -0.2) is 56.4 Å². The molecule has 0 aromatic heterocycles. The van der Waals surface area contributed by atoms with Gasteiger partial charge in [-0.05, 0) is 32.4 Å². The molecule has 1 aromatic rings. The van der Waals surface area contributed by atoms with Crippen LogP contribution >= 0.6 is 0 Å².